The van der Waals surface area contributed by atoms with Gasteiger partial charge in [-0.05, 0) is 101 Å². The number of rotatable bonds is 14. The van der Waals surface area contributed by atoms with Crippen molar-refractivity contribution in [2.75, 3.05) is 41.1 Å². The van der Waals surface area contributed by atoms with E-state index < -0.39 is 36.4 Å². The van der Waals surface area contributed by atoms with Crippen molar-refractivity contribution >= 4 is 72.4 Å². The third kappa shape index (κ3) is 11.5. The van der Waals surface area contributed by atoms with Crippen molar-refractivity contribution in [3.8, 4) is 0 Å². The zero-order valence-corrected chi connectivity index (χ0v) is 39.5. The summed E-state index contributed by atoms with van der Waals surface area (Å²) in [7, 11) is 0. The first-order valence-electron chi connectivity index (χ1n) is 23.1. The van der Waals surface area contributed by atoms with Gasteiger partial charge in [0.15, 0.2) is 6.29 Å². The molecule has 2 N–H and O–H groups in total. The first kappa shape index (κ1) is 52.3. The number of anilines is 3. The minimum Gasteiger partial charge on any atom is -0.464 e. The molecule has 0 aliphatic carbocycles. The first-order chi connectivity index (χ1) is 32.9. The Morgan fingerprint density at radius 3 is 1.96 bits per heavy atom. The highest BCUT2D eigenvalue weighted by atomic mass is 16.7. The maximum atomic E-state index is 13.3. The van der Waals surface area contributed by atoms with Crippen LogP contribution in [-0.2, 0) is 78.2 Å². The lowest BCUT2D eigenvalue weighted by Crippen LogP contribution is -2.48. The number of hydrogen-bond acceptors (Lipinski definition) is 14. The number of aryl methyl sites for hydroxylation is 1. The number of esters is 2. The molecule has 68 heavy (non-hydrogen) atoms. The van der Waals surface area contributed by atoms with Gasteiger partial charge in [0, 0.05) is 44.2 Å². The lowest BCUT2D eigenvalue weighted by atomic mass is 10.0. The van der Waals surface area contributed by atoms with Crippen LogP contribution in [0.5, 0.6) is 0 Å². The van der Waals surface area contributed by atoms with Gasteiger partial charge in [0.2, 0.25) is 5.91 Å². The standard InChI is InChI=1S/C20H28N2O5.C16H16N2O3.C14H18N2O.CO2/c1-5-25-18(26-6-2)13-15(21-4)19(23)22-16-11-9-8-10-14(16)12-17(22)20(24)27-7-3;1-3-21-16(20)13-9-11-6-4-5-10-7-8-12(17-2)15(19)18(13)14(10)11;1-2-11-8-10-5-3-4-9-6-7-12(15)14(17)16(11)13(9)10;2-1-3/h8-11,15,17-18H,4-7,12-13H2,1-3H3;4-8,12-13H,2-3,9H2,1H3;3-5,11-12H,2,6-8,15H2,1H3;. The van der Waals surface area contributed by atoms with Crippen LogP contribution in [0.25, 0.3) is 6.08 Å². The van der Waals surface area contributed by atoms with Crippen molar-refractivity contribution in [1.82, 2.24) is 0 Å². The zero-order valence-electron chi connectivity index (χ0n) is 39.5. The van der Waals surface area contributed by atoms with Crippen LogP contribution < -0.4 is 20.4 Å². The Hall–Kier alpha value is -6.65. The maximum Gasteiger partial charge on any atom is 0.373 e. The summed E-state index contributed by atoms with van der Waals surface area (Å²) in [5.74, 6) is -1.23. The van der Waals surface area contributed by atoms with Gasteiger partial charge < -0.3 is 29.6 Å². The van der Waals surface area contributed by atoms with E-state index in [1.807, 2.05) is 67.3 Å². The summed E-state index contributed by atoms with van der Waals surface area (Å²) in [5.41, 5.74) is 14.1. The van der Waals surface area contributed by atoms with E-state index in [1.54, 1.807) is 19.9 Å². The molecule has 17 heteroatoms. The summed E-state index contributed by atoms with van der Waals surface area (Å²) in [4.78, 5) is 92.0. The van der Waals surface area contributed by atoms with E-state index in [9.17, 15) is 24.0 Å². The van der Waals surface area contributed by atoms with E-state index in [4.69, 9.17) is 34.3 Å². The van der Waals surface area contributed by atoms with Gasteiger partial charge in [-0.2, -0.15) is 9.59 Å². The van der Waals surface area contributed by atoms with Crippen LogP contribution in [0.2, 0.25) is 0 Å². The summed E-state index contributed by atoms with van der Waals surface area (Å²) < 4.78 is 21.4. The predicted molar refractivity (Wildman–Crippen MR) is 256 cm³/mol. The lowest BCUT2D eigenvalue weighted by molar-refractivity contribution is -0.191. The molecule has 17 nitrogen and oxygen atoms in total. The second-order valence-electron chi connectivity index (χ2n) is 16.2. The van der Waals surface area contributed by atoms with Crippen LogP contribution >= 0.6 is 0 Å². The third-order valence-corrected chi connectivity index (χ3v) is 12.2. The van der Waals surface area contributed by atoms with Gasteiger partial charge in [-0.3, -0.25) is 34.2 Å². The van der Waals surface area contributed by atoms with Crippen LogP contribution in [-0.4, -0.2) is 118 Å². The third-order valence-electron chi connectivity index (χ3n) is 12.2. The van der Waals surface area contributed by atoms with Crippen LogP contribution in [0, 0.1) is 0 Å². The summed E-state index contributed by atoms with van der Waals surface area (Å²) in [6.07, 6.45) is 8.07. The van der Waals surface area contributed by atoms with Crippen molar-refractivity contribution in [1.29, 1.82) is 0 Å². The average molecular weight is 935 g/mol. The fraction of sp³-hybridized carbons (Fsp3) is 0.451. The molecule has 0 spiro atoms. The van der Waals surface area contributed by atoms with Crippen LogP contribution in [0.15, 0.2) is 76.7 Å². The highest BCUT2D eigenvalue weighted by Crippen LogP contribution is 2.41. The maximum absolute atomic E-state index is 13.3. The van der Waals surface area contributed by atoms with Crippen molar-refractivity contribution in [3.05, 3.63) is 94.6 Å². The number of aliphatic imine (C=N–C) groups is 2. The fourth-order valence-electron chi connectivity index (χ4n) is 9.23. The SMILES string of the molecule is C=NC(CC(OCC)OCC)C(=O)N1c2ccccc2CC1C(=O)OCC.C=NC1C=Cc2cccc3c2N(C1=O)C(C(=O)OCC)C3.CCC1Cc2cccc3c2N1C(=O)C(N)CC3.O=C=O. The molecule has 0 saturated heterocycles. The Bertz CT molecular complexity index is 2380. The van der Waals surface area contributed by atoms with Crippen LogP contribution in [0.1, 0.15) is 81.7 Å². The van der Waals surface area contributed by atoms with E-state index in [-0.39, 0.29) is 48.9 Å². The van der Waals surface area contributed by atoms with Crippen molar-refractivity contribution in [2.45, 2.75) is 122 Å². The minimum atomic E-state index is -0.781. The van der Waals surface area contributed by atoms with Crippen molar-refractivity contribution in [3.63, 3.8) is 0 Å². The van der Waals surface area contributed by atoms with Crippen molar-refractivity contribution < 1.29 is 52.5 Å². The van der Waals surface area contributed by atoms with Gasteiger partial charge in [-0.25, -0.2) is 9.59 Å². The number of benzene rings is 3. The molecular formula is C51H62N6O11. The van der Waals surface area contributed by atoms with Gasteiger partial charge in [-0.1, -0.05) is 73.7 Å². The highest BCUT2D eigenvalue weighted by Gasteiger charge is 2.44. The topological polar surface area (TPSA) is 217 Å². The molecule has 3 amide bonds. The fourth-order valence-corrected chi connectivity index (χ4v) is 9.23. The average Bonchev–Trinajstić information content (AvgIpc) is 4.00. The Balaban J connectivity index is 0.000000189. The van der Waals surface area contributed by atoms with Gasteiger partial charge >= 0.3 is 18.1 Å². The number of amides is 3. The number of hydrogen-bond donors (Lipinski definition) is 1. The molecule has 6 unspecified atom stereocenters. The quantitative estimate of drug-likeness (QED) is 0.128. The summed E-state index contributed by atoms with van der Waals surface area (Å²) >= 11 is 0. The molecule has 0 fully saturated rings. The second kappa shape index (κ2) is 24.9. The molecule has 8 rings (SSSR count). The van der Waals surface area contributed by atoms with E-state index >= 15 is 0 Å². The number of nitrogens with zero attached hydrogens (tertiary/aromatic N) is 5. The summed E-state index contributed by atoms with van der Waals surface area (Å²) in [6, 6.07) is 16.9. The highest BCUT2D eigenvalue weighted by molar-refractivity contribution is 6.09. The molecule has 5 aliphatic heterocycles. The number of carbonyl (C=O) groups excluding carboxylic acids is 7. The number of nitrogens with two attached hydrogens (primary N) is 1. The molecule has 3 aromatic rings. The number of carbonyl (C=O) groups is 5. The van der Waals surface area contributed by atoms with Crippen LogP contribution in [0.4, 0.5) is 17.1 Å². The smallest absolute Gasteiger partial charge is 0.373 e. The first-order valence-corrected chi connectivity index (χ1v) is 23.1. The summed E-state index contributed by atoms with van der Waals surface area (Å²) in [5, 5.41) is 0. The predicted octanol–water partition coefficient (Wildman–Crippen LogP) is 5.01. The zero-order chi connectivity index (χ0) is 49.5. The normalized spacial score (nSPS) is 20.6. The molecule has 362 valence electrons. The molecule has 5 heterocycles. The lowest BCUT2D eigenvalue weighted by Gasteiger charge is -2.28. The van der Waals surface area contributed by atoms with Gasteiger partial charge in [0.1, 0.15) is 24.2 Å². The molecule has 0 saturated carbocycles. The Kier molecular flexibility index (Phi) is 19.2. The molecular weight excluding hydrogens is 873 g/mol. The monoisotopic (exact) mass is 934 g/mol. The van der Waals surface area contributed by atoms with Crippen LogP contribution in [0.3, 0.4) is 0 Å². The largest absolute Gasteiger partial charge is 0.464 e. The van der Waals surface area contributed by atoms with Gasteiger partial charge in [0.25, 0.3) is 11.8 Å². The minimum absolute atomic E-state index is 0.112. The molecule has 6 atom stereocenters. The van der Waals surface area contributed by atoms with Gasteiger partial charge in [-0.15, -0.1) is 0 Å². The van der Waals surface area contributed by atoms with E-state index in [2.05, 4.69) is 48.5 Å². The van der Waals surface area contributed by atoms with E-state index in [0.29, 0.717) is 44.4 Å². The van der Waals surface area contributed by atoms with Gasteiger partial charge in [0.05, 0.1) is 30.6 Å². The van der Waals surface area contributed by atoms with Crippen molar-refractivity contribution in [2.24, 2.45) is 15.7 Å². The molecule has 3 aromatic carbocycles. The number of ether oxygens (including phenoxy) is 4. The summed E-state index contributed by atoms with van der Waals surface area (Å²) in [6.45, 7) is 17.9. The molecule has 0 bridgehead atoms. The Labute approximate surface area is 397 Å². The Morgan fingerprint density at radius 1 is 0.750 bits per heavy atom. The number of para-hydroxylation sites is 3. The van der Waals surface area contributed by atoms with E-state index in [0.717, 1.165) is 53.7 Å². The Morgan fingerprint density at radius 2 is 1.34 bits per heavy atom. The molecule has 0 aromatic heterocycles. The number of fused-ring (bicyclic) bond motifs is 1. The van der Waals surface area contributed by atoms with E-state index in [1.165, 1.54) is 20.9 Å². The molecule has 0 radical (unpaired) electrons. The molecule has 5 aliphatic rings. The second-order valence-corrected chi connectivity index (χ2v) is 16.2.